The summed E-state index contributed by atoms with van der Waals surface area (Å²) in [5.74, 6) is 0.119. The van der Waals surface area contributed by atoms with Crippen molar-refractivity contribution in [2.24, 2.45) is 5.73 Å². The number of nitrogens with zero attached hydrogens (tertiary/aromatic N) is 2. The number of ether oxygens (including phenoxy) is 3. The lowest BCUT2D eigenvalue weighted by Crippen LogP contribution is -2.62. The van der Waals surface area contributed by atoms with E-state index in [0.29, 0.717) is 26.1 Å². The van der Waals surface area contributed by atoms with Crippen LogP contribution >= 0.6 is 0 Å². The molecule has 3 aliphatic rings. The molecule has 0 saturated carbocycles. The van der Waals surface area contributed by atoms with Crippen molar-refractivity contribution in [3.63, 3.8) is 0 Å². The minimum absolute atomic E-state index is 0.0422. The van der Waals surface area contributed by atoms with Gasteiger partial charge in [0.2, 0.25) is 0 Å². The summed E-state index contributed by atoms with van der Waals surface area (Å²) < 4.78 is 18.8. The summed E-state index contributed by atoms with van der Waals surface area (Å²) in [5.41, 5.74) is 7.04. The average Bonchev–Trinajstić information content (AvgIpc) is 3.28. The van der Waals surface area contributed by atoms with E-state index in [1.54, 1.807) is 6.20 Å². The Morgan fingerprint density at radius 1 is 1.17 bits per heavy atom. The van der Waals surface area contributed by atoms with Gasteiger partial charge in [0, 0.05) is 36.9 Å². The zero-order valence-electron chi connectivity index (χ0n) is 20.3. The summed E-state index contributed by atoms with van der Waals surface area (Å²) in [6.07, 6.45) is 4.85. The molecule has 2 fully saturated rings. The van der Waals surface area contributed by atoms with Crippen molar-refractivity contribution in [1.82, 2.24) is 4.98 Å². The van der Waals surface area contributed by atoms with E-state index in [1.807, 2.05) is 43.3 Å². The molecule has 2 saturated heterocycles. The van der Waals surface area contributed by atoms with Crippen molar-refractivity contribution in [2.45, 2.75) is 80.8 Å². The molecule has 5 rings (SSSR count). The van der Waals surface area contributed by atoms with Crippen molar-refractivity contribution in [1.29, 1.82) is 0 Å². The standard InChI is InChI=1S/C27H35N3O5/c1-2-34-27(30(31)32,18-19-10-11-23(28)22-8-4-3-7-21(19)22)25-26(13-16-33-25)17-20(12-15-35-26)24-9-5-6-14-29-24/h3-9,14,19-20,23,25H,2,10-13,15-18,28H2,1H3/t19-,20?,23-,25?,26?,27?/m1/s1. The highest BCUT2D eigenvalue weighted by Crippen LogP contribution is 2.51. The molecule has 4 unspecified atom stereocenters. The van der Waals surface area contributed by atoms with Crippen LogP contribution in [0.4, 0.5) is 0 Å². The van der Waals surface area contributed by atoms with Crippen LogP contribution < -0.4 is 5.73 Å². The number of nitro groups is 1. The predicted octanol–water partition coefficient (Wildman–Crippen LogP) is 4.48. The van der Waals surface area contributed by atoms with Crippen molar-refractivity contribution in [3.8, 4) is 0 Å². The molecule has 188 valence electrons. The Morgan fingerprint density at radius 2 is 1.97 bits per heavy atom. The minimum Gasteiger partial charge on any atom is -0.372 e. The molecule has 6 atom stereocenters. The second kappa shape index (κ2) is 9.93. The van der Waals surface area contributed by atoms with Gasteiger partial charge in [-0.25, -0.2) is 0 Å². The van der Waals surface area contributed by atoms with Gasteiger partial charge < -0.3 is 19.9 Å². The third-order valence-corrected chi connectivity index (χ3v) is 8.15. The zero-order valence-corrected chi connectivity index (χ0v) is 20.3. The fourth-order valence-corrected chi connectivity index (χ4v) is 6.57. The maximum absolute atomic E-state index is 12.9. The van der Waals surface area contributed by atoms with Crippen LogP contribution in [-0.4, -0.2) is 47.2 Å². The van der Waals surface area contributed by atoms with E-state index in [1.165, 1.54) is 0 Å². The van der Waals surface area contributed by atoms with Crippen molar-refractivity contribution in [3.05, 3.63) is 75.6 Å². The molecule has 3 heterocycles. The van der Waals surface area contributed by atoms with Gasteiger partial charge in [0.15, 0.2) is 6.10 Å². The molecule has 1 spiro atoms. The van der Waals surface area contributed by atoms with E-state index < -0.39 is 17.4 Å². The average molecular weight is 482 g/mol. The lowest BCUT2D eigenvalue weighted by molar-refractivity contribution is -0.649. The maximum atomic E-state index is 12.9. The first kappa shape index (κ1) is 24.3. The predicted molar refractivity (Wildman–Crippen MR) is 131 cm³/mol. The molecule has 0 bridgehead atoms. The first-order chi connectivity index (χ1) is 17.0. The highest BCUT2D eigenvalue weighted by Gasteiger charge is 2.66. The van der Waals surface area contributed by atoms with Crippen LogP contribution in [0.1, 0.15) is 80.1 Å². The van der Waals surface area contributed by atoms with Gasteiger partial charge in [-0.2, -0.15) is 0 Å². The second-order valence-electron chi connectivity index (χ2n) is 10.1. The van der Waals surface area contributed by atoms with Gasteiger partial charge >= 0.3 is 5.72 Å². The first-order valence-corrected chi connectivity index (χ1v) is 12.8. The van der Waals surface area contributed by atoms with Gasteiger partial charge in [0.1, 0.15) is 5.60 Å². The second-order valence-corrected chi connectivity index (χ2v) is 10.1. The smallest absolute Gasteiger partial charge is 0.354 e. The van der Waals surface area contributed by atoms with Crippen LogP contribution in [0.25, 0.3) is 0 Å². The number of hydrogen-bond donors (Lipinski definition) is 1. The van der Waals surface area contributed by atoms with Crippen LogP contribution in [0, 0.1) is 10.1 Å². The van der Waals surface area contributed by atoms with Gasteiger partial charge in [-0.1, -0.05) is 30.3 Å². The van der Waals surface area contributed by atoms with E-state index in [-0.39, 0.29) is 35.8 Å². The van der Waals surface area contributed by atoms with Crippen LogP contribution in [0.5, 0.6) is 0 Å². The van der Waals surface area contributed by atoms with Crippen molar-refractivity contribution < 1.29 is 19.1 Å². The molecule has 8 heteroatoms. The Bertz CT molecular complexity index is 1040. The van der Waals surface area contributed by atoms with E-state index in [2.05, 4.69) is 11.1 Å². The Kier molecular flexibility index (Phi) is 6.90. The van der Waals surface area contributed by atoms with Crippen LogP contribution in [0.15, 0.2) is 48.7 Å². The Labute approximate surface area is 206 Å². The van der Waals surface area contributed by atoms with Gasteiger partial charge in [0.25, 0.3) is 0 Å². The number of pyridine rings is 1. The van der Waals surface area contributed by atoms with E-state index >= 15 is 0 Å². The summed E-state index contributed by atoms with van der Waals surface area (Å²) in [5, 5.41) is 12.9. The molecular weight excluding hydrogens is 446 g/mol. The normalized spacial score (nSPS) is 32.2. The van der Waals surface area contributed by atoms with Gasteiger partial charge in [-0.05, 0) is 61.8 Å². The third-order valence-electron chi connectivity index (χ3n) is 8.15. The molecule has 2 N–H and O–H groups in total. The fraction of sp³-hybridized carbons (Fsp3) is 0.593. The Morgan fingerprint density at radius 3 is 2.71 bits per heavy atom. The topological polar surface area (TPSA) is 110 Å². The zero-order chi connectivity index (χ0) is 24.5. The van der Waals surface area contributed by atoms with E-state index in [9.17, 15) is 10.1 Å². The molecule has 8 nitrogen and oxygen atoms in total. The van der Waals surface area contributed by atoms with Crippen LogP contribution in [-0.2, 0) is 14.2 Å². The number of aromatic nitrogens is 1. The molecule has 2 aromatic rings. The Balaban J connectivity index is 1.50. The molecule has 0 radical (unpaired) electrons. The number of rotatable bonds is 7. The van der Waals surface area contributed by atoms with E-state index in [0.717, 1.165) is 36.1 Å². The summed E-state index contributed by atoms with van der Waals surface area (Å²) in [6, 6.07) is 13.9. The maximum Gasteiger partial charge on any atom is 0.354 e. The fourth-order valence-electron chi connectivity index (χ4n) is 6.57. The highest BCUT2D eigenvalue weighted by molar-refractivity contribution is 5.35. The first-order valence-electron chi connectivity index (χ1n) is 12.8. The van der Waals surface area contributed by atoms with Gasteiger partial charge in [-0.15, -0.1) is 0 Å². The summed E-state index contributed by atoms with van der Waals surface area (Å²) >= 11 is 0. The van der Waals surface area contributed by atoms with Crippen LogP contribution in [0.2, 0.25) is 0 Å². The molecule has 1 aromatic heterocycles. The Hall–Kier alpha value is -2.39. The molecule has 0 amide bonds. The molecule has 1 aliphatic carbocycles. The third kappa shape index (κ3) is 4.37. The minimum atomic E-state index is -1.71. The summed E-state index contributed by atoms with van der Waals surface area (Å²) in [4.78, 5) is 17.3. The van der Waals surface area contributed by atoms with Crippen LogP contribution in [0.3, 0.4) is 0 Å². The summed E-state index contributed by atoms with van der Waals surface area (Å²) in [7, 11) is 0. The molecular formula is C27H35N3O5. The van der Waals surface area contributed by atoms with E-state index in [4.69, 9.17) is 19.9 Å². The monoisotopic (exact) mass is 481 g/mol. The van der Waals surface area contributed by atoms with Crippen molar-refractivity contribution in [2.75, 3.05) is 19.8 Å². The number of benzene rings is 1. The molecule has 35 heavy (non-hydrogen) atoms. The number of nitrogens with two attached hydrogens (primary N) is 1. The molecule has 2 aliphatic heterocycles. The largest absolute Gasteiger partial charge is 0.372 e. The lowest BCUT2D eigenvalue weighted by atomic mass is 9.72. The number of hydrogen-bond acceptors (Lipinski definition) is 7. The van der Waals surface area contributed by atoms with Crippen molar-refractivity contribution >= 4 is 0 Å². The SMILES string of the molecule is CCOC(C[C@H]1CC[C@@H](N)c2ccccc21)(C1OCCC12CC(c1ccccn1)CCO2)[N+](=O)[O-]. The lowest BCUT2D eigenvalue weighted by Gasteiger charge is -2.45. The summed E-state index contributed by atoms with van der Waals surface area (Å²) in [6.45, 7) is 2.95. The molecule has 1 aromatic carbocycles. The quantitative estimate of drug-likeness (QED) is 0.353. The van der Waals surface area contributed by atoms with Gasteiger partial charge in [-0.3, -0.25) is 15.1 Å². The van der Waals surface area contributed by atoms with Gasteiger partial charge in [0.05, 0.1) is 24.6 Å². The highest BCUT2D eigenvalue weighted by atomic mass is 16.7. The number of fused-ring (bicyclic) bond motifs is 1.